The predicted octanol–water partition coefficient (Wildman–Crippen LogP) is 1.80. The minimum atomic E-state index is 0.117. The van der Waals surface area contributed by atoms with Crippen LogP contribution in [0.4, 0.5) is 0 Å². The molecule has 3 nitrogen and oxygen atoms in total. The Kier molecular flexibility index (Phi) is 8.01. The van der Waals surface area contributed by atoms with Gasteiger partial charge in [-0.15, -0.1) is 0 Å². The van der Waals surface area contributed by atoms with Crippen LogP contribution in [0.5, 0.6) is 0 Å². The van der Waals surface area contributed by atoms with Gasteiger partial charge in [0.2, 0.25) is 5.91 Å². The van der Waals surface area contributed by atoms with E-state index in [9.17, 15) is 4.79 Å². The zero-order valence-electron chi connectivity index (χ0n) is 10.3. The summed E-state index contributed by atoms with van der Waals surface area (Å²) in [6, 6.07) is 0. The number of nitrogens with one attached hydrogen (secondary N) is 1. The number of carbonyl (C=O) groups excluding carboxylic acids is 1. The van der Waals surface area contributed by atoms with Crippen LogP contribution in [0.25, 0.3) is 0 Å². The van der Waals surface area contributed by atoms with Crippen molar-refractivity contribution in [1.29, 1.82) is 0 Å². The highest BCUT2D eigenvalue weighted by Crippen LogP contribution is 1.97. The van der Waals surface area contributed by atoms with Gasteiger partial charge in [-0.2, -0.15) is 0 Å². The van der Waals surface area contributed by atoms with Crippen molar-refractivity contribution in [2.45, 2.75) is 33.6 Å². The Labute approximate surface area is 93.5 Å². The summed E-state index contributed by atoms with van der Waals surface area (Å²) < 4.78 is 0. The van der Waals surface area contributed by atoms with E-state index in [0.29, 0.717) is 6.54 Å². The van der Waals surface area contributed by atoms with E-state index in [0.717, 1.165) is 38.0 Å². The van der Waals surface area contributed by atoms with Crippen molar-refractivity contribution >= 4 is 5.91 Å². The van der Waals surface area contributed by atoms with Crippen molar-refractivity contribution in [2.75, 3.05) is 26.2 Å². The molecule has 0 aliphatic heterocycles. The highest BCUT2D eigenvalue weighted by molar-refractivity contribution is 5.77. The molecule has 0 heterocycles. The fourth-order valence-electron chi connectivity index (χ4n) is 1.44. The predicted molar refractivity (Wildman–Crippen MR) is 64.8 cm³/mol. The van der Waals surface area contributed by atoms with Crippen molar-refractivity contribution in [3.05, 3.63) is 12.2 Å². The Morgan fingerprint density at radius 1 is 1.27 bits per heavy atom. The first-order chi connectivity index (χ1) is 7.10. The zero-order valence-corrected chi connectivity index (χ0v) is 10.3. The molecule has 0 spiro atoms. The molecule has 3 heteroatoms. The van der Waals surface area contributed by atoms with Gasteiger partial charge in [0.25, 0.3) is 0 Å². The lowest BCUT2D eigenvalue weighted by molar-refractivity contribution is -0.122. The van der Waals surface area contributed by atoms with Gasteiger partial charge in [-0.25, -0.2) is 0 Å². The van der Waals surface area contributed by atoms with Gasteiger partial charge in [0, 0.05) is 13.1 Å². The van der Waals surface area contributed by atoms with Crippen LogP contribution in [-0.4, -0.2) is 37.0 Å². The molecule has 0 saturated carbocycles. The maximum absolute atomic E-state index is 11.5. The lowest BCUT2D eigenvalue weighted by Crippen LogP contribution is -2.38. The van der Waals surface area contributed by atoms with Gasteiger partial charge in [0.05, 0.1) is 6.54 Å². The SMILES string of the molecule is C=C(C)CN(CCC)CC(=O)NCCC. The molecule has 1 amide bonds. The van der Waals surface area contributed by atoms with Gasteiger partial charge in [-0.1, -0.05) is 26.0 Å². The molecular weight excluding hydrogens is 188 g/mol. The van der Waals surface area contributed by atoms with E-state index in [1.54, 1.807) is 0 Å². The van der Waals surface area contributed by atoms with Gasteiger partial charge in [-0.05, 0) is 26.3 Å². The van der Waals surface area contributed by atoms with Crippen molar-refractivity contribution in [1.82, 2.24) is 10.2 Å². The average molecular weight is 212 g/mol. The van der Waals surface area contributed by atoms with Gasteiger partial charge in [0.1, 0.15) is 0 Å². The number of amides is 1. The third-order valence-corrected chi connectivity index (χ3v) is 1.97. The van der Waals surface area contributed by atoms with Gasteiger partial charge >= 0.3 is 0 Å². The summed E-state index contributed by atoms with van der Waals surface area (Å²) in [5, 5.41) is 2.88. The molecule has 0 aromatic heterocycles. The van der Waals surface area contributed by atoms with Crippen molar-refractivity contribution in [2.24, 2.45) is 0 Å². The maximum atomic E-state index is 11.5. The van der Waals surface area contributed by atoms with Crippen molar-refractivity contribution in [3.8, 4) is 0 Å². The van der Waals surface area contributed by atoms with Crippen LogP contribution in [0.3, 0.4) is 0 Å². The van der Waals surface area contributed by atoms with E-state index in [1.165, 1.54) is 0 Å². The topological polar surface area (TPSA) is 32.3 Å². The first-order valence-electron chi connectivity index (χ1n) is 5.73. The first kappa shape index (κ1) is 14.2. The van der Waals surface area contributed by atoms with Crippen LogP contribution >= 0.6 is 0 Å². The summed E-state index contributed by atoms with van der Waals surface area (Å²) in [5.74, 6) is 0.117. The van der Waals surface area contributed by atoms with Crippen LogP contribution in [-0.2, 0) is 4.79 Å². The van der Waals surface area contributed by atoms with Gasteiger partial charge in [-0.3, -0.25) is 9.69 Å². The second-order valence-electron chi connectivity index (χ2n) is 4.02. The summed E-state index contributed by atoms with van der Waals surface area (Å²) in [6.07, 6.45) is 2.05. The molecule has 0 rings (SSSR count). The minimum absolute atomic E-state index is 0.117. The average Bonchev–Trinajstić information content (AvgIpc) is 2.14. The summed E-state index contributed by atoms with van der Waals surface area (Å²) in [4.78, 5) is 13.6. The summed E-state index contributed by atoms with van der Waals surface area (Å²) >= 11 is 0. The molecule has 0 atom stereocenters. The standard InChI is InChI=1S/C12H24N2O/c1-5-7-13-12(15)10-14(8-6-2)9-11(3)4/h3,5-10H2,1-2,4H3,(H,13,15). The van der Waals surface area contributed by atoms with Crippen LogP contribution in [0.15, 0.2) is 12.2 Å². The van der Waals surface area contributed by atoms with Gasteiger partial charge in [0.15, 0.2) is 0 Å². The van der Waals surface area contributed by atoms with Gasteiger partial charge < -0.3 is 5.32 Å². The van der Waals surface area contributed by atoms with E-state index in [2.05, 4.69) is 30.6 Å². The first-order valence-corrected chi connectivity index (χ1v) is 5.73. The molecule has 0 aromatic rings. The molecular formula is C12H24N2O. The molecule has 0 saturated heterocycles. The third kappa shape index (κ3) is 8.18. The van der Waals surface area contributed by atoms with Crippen LogP contribution in [0.1, 0.15) is 33.6 Å². The third-order valence-electron chi connectivity index (χ3n) is 1.97. The quantitative estimate of drug-likeness (QED) is 0.622. The number of rotatable bonds is 8. The highest BCUT2D eigenvalue weighted by atomic mass is 16.2. The highest BCUT2D eigenvalue weighted by Gasteiger charge is 2.08. The Morgan fingerprint density at radius 2 is 1.93 bits per heavy atom. The minimum Gasteiger partial charge on any atom is -0.355 e. The van der Waals surface area contributed by atoms with E-state index < -0.39 is 0 Å². The lowest BCUT2D eigenvalue weighted by atomic mass is 10.3. The van der Waals surface area contributed by atoms with E-state index in [1.807, 2.05) is 6.92 Å². The monoisotopic (exact) mass is 212 g/mol. The van der Waals surface area contributed by atoms with E-state index in [4.69, 9.17) is 0 Å². The number of nitrogens with zero attached hydrogens (tertiary/aromatic N) is 1. The molecule has 15 heavy (non-hydrogen) atoms. The summed E-state index contributed by atoms with van der Waals surface area (Å²) in [7, 11) is 0. The van der Waals surface area contributed by atoms with Crippen LogP contribution < -0.4 is 5.32 Å². The van der Waals surface area contributed by atoms with Crippen LogP contribution in [0.2, 0.25) is 0 Å². The lowest BCUT2D eigenvalue weighted by Gasteiger charge is -2.20. The molecule has 0 aliphatic carbocycles. The van der Waals surface area contributed by atoms with Crippen molar-refractivity contribution in [3.63, 3.8) is 0 Å². The molecule has 0 unspecified atom stereocenters. The van der Waals surface area contributed by atoms with E-state index in [-0.39, 0.29) is 5.91 Å². The zero-order chi connectivity index (χ0) is 11.7. The molecule has 0 bridgehead atoms. The molecule has 0 radical (unpaired) electrons. The molecule has 1 N–H and O–H groups in total. The molecule has 0 aliphatic rings. The number of carbonyl (C=O) groups is 1. The van der Waals surface area contributed by atoms with E-state index >= 15 is 0 Å². The normalized spacial score (nSPS) is 10.4. The summed E-state index contributed by atoms with van der Waals surface area (Å²) in [5.41, 5.74) is 1.10. The summed E-state index contributed by atoms with van der Waals surface area (Å²) in [6.45, 7) is 13.1. The van der Waals surface area contributed by atoms with Crippen LogP contribution in [0, 0.1) is 0 Å². The number of hydrogen-bond donors (Lipinski definition) is 1. The smallest absolute Gasteiger partial charge is 0.234 e. The second kappa shape index (κ2) is 8.48. The molecule has 0 aromatic carbocycles. The molecule has 0 fully saturated rings. The van der Waals surface area contributed by atoms with Crippen molar-refractivity contribution < 1.29 is 4.79 Å². The fraction of sp³-hybridized carbons (Fsp3) is 0.750. The Hall–Kier alpha value is -0.830. The molecule has 88 valence electrons. The Morgan fingerprint density at radius 3 is 2.40 bits per heavy atom. The largest absolute Gasteiger partial charge is 0.355 e. The maximum Gasteiger partial charge on any atom is 0.234 e. The Bertz CT molecular complexity index is 202. The second-order valence-corrected chi connectivity index (χ2v) is 4.02. The number of hydrogen-bond acceptors (Lipinski definition) is 2. The Balaban J connectivity index is 3.92. The fourth-order valence-corrected chi connectivity index (χ4v) is 1.44.